The Balaban J connectivity index is 1.61. The number of carbonyl (C=O) groups excluding carboxylic acids is 3. The number of amides is 3. The quantitative estimate of drug-likeness (QED) is 0.810. The molecule has 0 aliphatic carbocycles. The zero-order valence-electron chi connectivity index (χ0n) is 14.1. The van der Waals surface area contributed by atoms with Gasteiger partial charge in [0.15, 0.2) is 0 Å². The normalized spacial score (nSPS) is 22.6. The number of carbonyl (C=O) groups is 3. The number of hydrogen-bond donors (Lipinski definition) is 1. The van der Waals surface area contributed by atoms with E-state index in [4.69, 9.17) is 11.6 Å². The Kier molecular flexibility index (Phi) is 5.27. The lowest BCUT2D eigenvalue weighted by Crippen LogP contribution is -2.44. The molecule has 6 nitrogen and oxygen atoms in total. The summed E-state index contributed by atoms with van der Waals surface area (Å²) in [5.41, 5.74) is 0.153. The fraction of sp³-hybridized carbons (Fsp3) is 0.389. The summed E-state index contributed by atoms with van der Waals surface area (Å²) in [6, 6.07) is 3.43. The van der Waals surface area contributed by atoms with Gasteiger partial charge < -0.3 is 15.1 Å². The van der Waals surface area contributed by atoms with Crippen LogP contribution in [0.4, 0.5) is 10.1 Å². The van der Waals surface area contributed by atoms with Crippen molar-refractivity contribution < 1.29 is 18.8 Å². The third kappa shape index (κ3) is 3.58. The summed E-state index contributed by atoms with van der Waals surface area (Å²) in [5.74, 6) is -1.75. The van der Waals surface area contributed by atoms with E-state index in [9.17, 15) is 18.8 Å². The molecule has 138 valence electrons. The first kappa shape index (κ1) is 18.4. The number of rotatable bonds is 4. The van der Waals surface area contributed by atoms with Gasteiger partial charge in [0.1, 0.15) is 11.9 Å². The van der Waals surface area contributed by atoms with E-state index in [-0.39, 0.29) is 34.3 Å². The predicted molar refractivity (Wildman–Crippen MR) is 95.2 cm³/mol. The van der Waals surface area contributed by atoms with Crippen LogP contribution >= 0.6 is 11.6 Å². The van der Waals surface area contributed by atoms with E-state index in [1.165, 1.54) is 23.1 Å². The van der Waals surface area contributed by atoms with E-state index in [0.29, 0.717) is 32.5 Å². The summed E-state index contributed by atoms with van der Waals surface area (Å²) in [7, 11) is 0. The average molecular weight is 380 g/mol. The molecule has 2 aliphatic heterocycles. The Labute approximate surface area is 155 Å². The molecule has 2 saturated heterocycles. The molecular weight excluding hydrogens is 361 g/mol. The number of nitrogens with one attached hydrogen (secondary N) is 1. The number of likely N-dealkylation sites (tertiary alicyclic amines) is 1. The molecule has 2 fully saturated rings. The number of benzene rings is 1. The molecule has 0 bridgehead atoms. The Hall–Kier alpha value is -2.41. The summed E-state index contributed by atoms with van der Waals surface area (Å²) < 4.78 is 14.1. The first-order valence-corrected chi connectivity index (χ1v) is 8.76. The van der Waals surface area contributed by atoms with Gasteiger partial charge in [-0.3, -0.25) is 14.4 Å². The fourth-order valence-corrected chi connectivity index (χ4v) is 3.51. The van der Waals surface area contributed by atoms with Gasteiger partial charge in [0.25, 0.3) is 0 Å². The van der Waals surface area contributed by atoms with Crippen molar-refractivity contribution in [2.24, 2.45) is 5.92 Å². The molecule has 1 N–H and O–H groups in total. The number of hydrogen-bond acceptors (Lipinski definition) is 3. The highest BCUT2D eigenvalue weighted by molar-refractivity contribution is 6.30. The third-order valence-electron chi connectivity index (χ3n) is 4.77. The number of nitrogens with zero attached hydrogens (tertiary/aromatic N) is 2. The lowest BCUT2D eigenvalue weighted by Gasteiger charge is -2.19. The predicted octanol–water partition coefficient (Wildman–Crippen LogP) is 1.74. The second-order valence-corrected chi connectivity index (χ2v) is 6.85. The molecule has 3 amide bonds. The highest BCUT2D eigenvalue weighted by atomic mass is 35.5. The molecule has 2 aliphatic rings. The van der Waals surface area contributed by atoms with Crippen molar-refractivity contribution in [1.82, 2.24) is 10.2 Å². The molecule has 1 aromatic rings. The molecule has 0 radical (unpaired) electrons. The van der Waals surface area contributed by atoms with Crippen LogP contribution in [0.5, 0.6) is 0 Å². The Morgan fingerprint density at radius 2 is 2.08 bits per heavy atom. The van der Waals surface area contributed by atoms with E-state index >= 15 is 0 Å². The molecule has 0 spiro atoms. The minimum Gasteiger partial charge on any atom is -0.344 e. The largest absolute Gasteiger partial charge is 0.344 e. The van der Waals surface area contributed by atoms with Gasteiger partial charge in [-0.2, -0.15) is 0 Å². The van der Waals surface area contributed by atoms with E-state index in [0.717, 1.165) is 6.07 Å². The van der Waals surface area contributed by atoms with E-state index in [1.807, 2.05) is 0 Å². The topological polar surface area (TPSA) is 69.7 Å². The third-order valence-corrected chi connectivity index (χ3v) is 5.00. The Morgan fingerprint density at radius 3 is 2.77 bits per heavy atom. The van der Waals surface area contributed by atoms with Gasteiger partial charge >= 0.3 is 0 Å². The van der Waals surface area contributed by atoms with Crippen LogP contribution in [-0.2, 0) is 14.4 Å². The van der Waals surface area contributed by atoms with E-state index in [2.05, 4.69) is 11.9 Å². The lowest BCUT2D eigenvalue weighted by molar-refractivity contribution is -0.129. The highest BCUT2D eigenvalue weighted by Gasteiger charge is 2.37. The molecule has 2 atom stereocenters. The van der Waals surface area contributed by atoms with Crippen LogP contribution in [0.1, 0.15) is 12.8 Å². The minimum absolute atomic E-state index is 0.153. The van der Waals surface area contributed by atoms with Crippen LogP contribution in [0, 0.1) is 11.7 Å². The van der Waals surface area contributed by atoms with Crippen molar-refractivity contribution in [2.75, 3.05) is 24.5 Å². The molecule has 0 aromatic heterocycles. The molecular formula is C18H19ClFN3O3. The first-order valence-electron chi connectivity index (χ1n) is 8.39. The monoisotopic (exact) mass is 379 g/mol. The zero-order chi connectivity index (χ0) is 18.8. The first-order chi connectivity index (χ1) is 12.4. The van der Waals surface area contributed by atoms with Crippen molar-refractivity contribution in [3.63, 3.8) is 0 Å². The van der Waals surface area contributed by atoms with Crippen molar-refractivity contribution in [3.05, 3.63) is 41.7 Å². The van der Waals surface area contributed by atoms with Crippen molar-refractivity contribution >= 4 is 35.0 Å². The van der Waals surface area contributed by atoms with Crippen molar-refractivity contribution in [1.29, 1.82) is 0 Å². The molecule has 1 aromatic carbocycles. The van der Waals surface area contributed by atoms with Gasteiger partial charge in [-0.25, -0.2) is 4.39 Å². The smallest absolute Gasteiger partial charge is 0.249 e. The van der Waals surface area contributed by atoms with E-state index in [1.54, 1.807) is 4.90 Å². The second-order valence-electron chi connectivity index (χ2n) is 6.41. The fourth-order valence-electron chi connectivity index (χ4n) is 3.35. The maximum atomic E-state index is 14.1. The SMILES string of the molecule is C=CC(=O)N1CCC(C(=O)NC2CCN(c3ccc(Cl)cc3F)C2=O)C1. The summed E-state index contributed by atoms with van der Waals surface area (Å²) in [5, 5.41) is 2.99. The van der Waals surface area contributed by atoms with Gasteiger partial charge in [0.05, 0.1) is 11.6 Å². The van der Waals surface area contributed by atoms with Crippen LogP contribution in [-0.4, -0.2) is 48.3 Å². The number of anilines is 1. The molecule has 3 rings (SSSR count). The molecule has 2 unspecified atom stereocenters. The van der Waals surface area contributed by atoms with E-state index < -0.39 is 11.9 Å². The Bertz CT molecular complexity index is 770. The van der Waals surface area contributed by atoms with Crippen LogP contribution in [0.25, 0.3) is 0 Å². The van der Waals surface area contributed by atoms with Crippen molar-refractivity contribution in [2.45, 2.75) is 18.9 Å². The van der Waals surface area contributed by atoms with Crippen molar-refractivity contribution in [3.8, 4) is 0 Å². The summed E-state index contributed by atoms with van der Waals surface area (Å²) in [6.07, 6.45) is 2.16. The summed E-state index contributed by atoms with van der Waals surface area (Å²) in [6.45, 7) is 4.55. The standard InChI is InChI=1S/C18H19ClFN3O3/c1-2-16(24)22-7-5-11(10-22)17(25)21-14-6-8-23(18(14)26)15-4-3-12(19)9-13(15)20/h2-4,9,11,14H,1,5-8,10H2,(H,21,25). The molecule has 2 heterocycles. The van der Waals surface area contributed by atoms with Gasteiger partial charge in [-0.05, 0) is 37.1 Å². The maximum absolute atomic E-state index is 14.1. The van der Waals surface area contributed by atoms with Crippen LogP contribution in [0.2, 0.25) is 5.02 Å². The average Bonchev–Trinajstić information content (AvgIpc) is 3.23. The molecule has 8 heteroatoms. The van der Waals surface area contributed by atoms with Crippen LogP contribution < -0.4 is 10.2 Å². The molecule has 26 heavy (non-hydrogen) atoms. The summed E-state index contributed by atoms with van der Waals surface area (Å²) in [4.78, 5) is 39.4. The van der Waals surface area contributed by atoms with Gasteiger partial charge in [0, 0.05) is 24.7 Å². The lowest BCUT2D eigenvalue weighted by atomic mass is 10.1. The maximum Gasteiger partial charge on any atom is 0.249 e. The zero-order valence-corrected chi connectivity index (χ0v) is 14.8. The Morgan fingerprint density at radius 1 is 1.31 bits per heavy atom. The highest BCUT2D eigenvalue weighted by Crippen LogP contribution is 2.27. The van der Waals surface area contributed by atoms with Crippen LogP contribution in [0.15, 0.2) is 30.9 Å². The minimum atomic E-state index is -0.693. The number of halogens is 2. The van der Waals surface area contributed by atoms with Gasteiger partial charge in [-0.1, -0.05) is 18.2 Å². The van der Waals surface area contributed by atoms with Crippen LogP contribution in [0.3, 0.4) is 0 Å². The molecule has 0 saturated carbocycles. The van der Waals surface area contributed by atoms with Gasteiger partial charge in [-0.15, -0.1) is 0 Å². The summed E-state index contributed by atoms with van der Waals surface area (Å²) >= 11 is 5.74. The second kappa shape index (κ2) is 7.45. The van der Waals surface area contributed by atoms with Gasteiger partial charge in [0.2, 0.25) is 17.7 Å².